The molecule has 1 aromatic rings. The topological polar surface area (TPSA) is 83.5 Å². The lowest BCUT2D eigenvalue weighted by molar-refractivity contribution is 0.0698. The summed E-state index contributed by atoms with van der Waals surface area (Å²) in [5.41, 5.74) is 0.00967. The summed E-state index contributed by atoms with van der Waals surface area (Å²) in [6.07, 6.45) is 4.02. The molecule has 1 aromatic carbocycles. The molecule has 0 amide bonds. The Balaban J connectivity index is 2.91. The molecule has 0 radical (unpaired) electrons. The zero-order chi connectivity index (χ0) is 13.6. The number of rotatable bonds is 6. The molecule has 0 fully saturated rings. The van der Waals surface area contributed by atoms with Crippen molar-refractivity contribution < 1.29 is 18.3 Å². The van der Waals surface area contributed by atoms with E-state index in [1.165, 1.54) is 24.3 Å². The Morgan fingerprint density at radius 3 is 2.61 bits per heavy atom. The first-order valence-electron chi connectivity index (χ1n) is 5.44. The van der Waals surface area contributed by atoms with Crippen LogP contribution in [0.3, 0.4) is 0 Å². The number of carbonyl (C=O) groups is 1. The monoisotopic (exact) mass is 269 g/mol. The van der Waals surface area contributed by atoms with E-state index in [9.17, 15) is 13.2 Å². The van der Waals surface area contributed by atoms with E-state index in [1.807, 2.05) is 6.92 Å². The molecule has 0 aliphatic heterocycles. The summed E-state index contributed by atoms with van der Waals surface area (Å²) in [4.78, 5) is 10.9. The number of benzene rings is 1. The maximum absolute atomic E-state index is 11.7. The minimum Gasteiger partial charge on any atom is -0.478 e. The number of carboxylic acid groups (broad SMARTS) is 1. The first-order chi connectivity index (χ1) is 8.46. The quantitative estimate of drug-likeness (QED) is 0.774. The molecule has 1 rings (SSSR count). The summed E-state index contributed by atoms with van der Waals surface area (Å²) in [5, 5.41) is 8.93. The molecule has 0 aliphatic carbocycles. The fourth-order valence-corrected chi connectivity index (χ4v) is 2.32. The standard InChI is InChI=1S/C12H15NO4S/c1-2-3-6-9-18(16,17)13-11-8-5-4-7-10(11)12(14)15/h3-8,13H,2,9H2,1H3,(H,14,15). The highest BCUT2D eigenvalue weighted by Gasteiger charge is 2.14. The summed E-state index contributed by atoms with van der Waals surface area (Å²) in [6, 6.07) is 5.89. The van der Waals surface area contributed by atoms with Crippen LogP contribution in [-0.4, -0.2) is 25.2 Å². The van der Waals surface area contributed by atoms with Crippen molar-refractivity contribution in [1.82, 2.24) is 0 Å². The molecule has 6 heteroatoms. The SMILES string of the molecule is CCC=CCS(=O)(=O)Nc1ccccc1C(=O)O. The van der Waals surface area contributed by atoms with E-state index in [1.54, 1.807) is 12.1 Å². The van der Waals surface area contributed by atoms with E-state index in [0.717, 1.165) is 6.42 Å². The van der Waals surface area contributed by atoms with Crippen molar-refractivity contribution in [2.24, 2.45) is 0 Å². The fourth-order valence-electron chi connectivity index (χ4n) is 1.33. The Labute approximate surface area is 106 Å². The Kier molecular flexibility index (Phi) is 4.91. The Morgan fingerprint density at radius 2 is 2.00 bits per heavy atom. The van der Waals surface area contributed by atoms with E-state index in [-0.39, 0.29) is 17.0 Å². The van der Waals surface area contributed by atoms with Crippen LogP contribution in [0.25, 0.3) is 0 Å². The van der Waals surface area contributed by atoms with Crippen molar-refractivity contribution in [3.8, 4) is 0 Å². The third-order valence-electron chi connectivity index (χ3n) is 2.14. The second-order valence-electron chi connectivity index (χ2n) is 3.61. The number of sulfonamides is 1. The number of para-hydroxylation sites is 1. The van der Waals surface area contributed by atoms with Crippen molar-refractivity contribution in [1.29, 1.82) is 0 Å². The summed E-state index contributed by atoms with van der Waals surface area (Å²) in [5.74, 6) is -1.34. The van der Waals surface area contributed by atoms with E-state index < -0.39 is 16.0 Å². The predicted octanol–water partition coefficient (Wildman–Crippen LogP) is 2.09. The smallest absolute Gasteiger partial charge is 0.337 e. The zero-order valence-corrected chi connectivity index (χ0v) is 10.8. The first kappa shape index (κ1) is 14.2. The van der Waals surface area contributed by atoms with Crippen LogP contribution in [0, 0.1) is 0 Å². The molecule has 0 aliphatic rings. The predicted molar refractivity (Wildman–Crippen MR) is 70.2 cm³/mol. The summed E-state index contributed by atoms with van der Waals surface area (Å²) in [7, 11) is -3.56. The first-order valence-corrected chi connectivity index (χ1v) is 7.09. The Morgan fingerprint density at radius 1 is 1.33 bits per heavy atom. The number of nitrogens with one attached hydrogen (secondary N) is 1. The van der Waals surface area contributed by atoms with Crippen LogP contribution in [0.2, 0.25) is 0 Å². The van der Waals surface area contributed by atoms with Crippen LogP contribution in [0.5, 0.6) is 0 Å². The van der Waals surface area contributed by atoms with Crippen LogP contribution in [0.4, 0.5) is 5.69 Å². The summed E-state index contributed by atoms with van der Waals surface area (Å²) < 4.78 is 25.7. The zero-order valence-electron chi connectivity index (χ0n) is 9.96. The second kappa shape index (κ2) is 6.20. The largest absolute Gasteiger partial charge is 0.478 e. The van der Waals surface area contributed by atoms with Gasteiger partial charge in [0.05, 0.1) is 17.0 Å². The van der Waals surface area contributed by atoms with E-state index in [0.29, 0.717) is 0 Å². The number of aromatic carboxylic acids is 1. The normalized spacial score (nSPS) is 11.6. The molecule has 0 saturated heterocycles. The summed E-state index contributed by atoms with van der Waals surface area (Å²) in [6.45, 7) is 1.90. The highest BCUT2D eigenvalue weighted by Crippen LogP contribution is 2.16. The van der Waals surface area contributed by atoms with Gasteiger partial charge in [0, 0.05) is 0 Å². The number of allylic oxidation sites excluding steroid dienone is 1. The molecule has 98 valence electrons. The van der Waals surface area contributed by atoms with Gasteiger partial charge in [-0.05, 0) is 18.6 Å². The van der Waals surface area contributed by atoms with Crippen LogP contribution < -0.4 is 4.72 Å². The van der Waals surface area contributed by atoms with Gasteiger partial charge in [0.2, 0.25) is 10.0 Å². The number of hydrogen-bond donors (Lipinski definition) is 2. The van der Waals surface area contributed by atoms with Gasteiger partial charge in [0.1, 0.15) is 0 Å². The van der Waals surface area contributed by atoms with Crippen molar-refractivity contribution in [2.45, 2.75) is 13.3 Å². The molecule has 0 bridgehead atoms. The van der Waals surface area contributed by atoms with Crippen molar-refractivity contribution in [3.63, 3.8) is 0 Å². The van der Waals surface area contributed by atoms with Crippen molar-refractivity contribution in [2.75, 3.05) is 10.5 Å². The van der Waals surface area contributed by atoms with Crippen LogP contribution >= 0.6 is 0 Å². The molecule has 0 aromatic heterocycles. The van der Waals surface area contributed by atoms with E-state index in [4.69, 9.17) is 5.11 Å². The Hall–Kier alpha value is -1.82. The molecule has 0 spiro atoms. The molecule has 0 saturated carbocycles. The maximum atomic E-state index is 11.7. The lowest BCUT2D eigenvalue weighted by Gasteiger charge is -2.08. The average Bonchev–Trinajstić information content (AvgIpc) is 2.29. The average molecular weight is 269 g/mol. The summed E-state index contributed by atoms with van der Waals surface area (Å²) >= 11 is 0. The minimum absolute atomic E-state index is 0.0689. The van der Waals surface area contributed by atoms with Crippen molar-refractivity contribution >= 4 is 21.7 Å². The number of carboxylic acids is 1. The van der Waals surface area contributed by atoms with Crippen molar-refractivity contribution in [3.05, 3.63) is 42.0 Å². The molecule has 0 unspecified atom stereocenters. The highest BCUT2D eigenvalue weighted by molar-refractivity contribution is 7.92. The maximum Gasteiger partial charge on any atom is 0.337 e. The molecular formula is C12H15NO4S. The molecule has 0 heterocycles. The lowest BCUT2D eigenvalue weighted by Crippen LogP contribution is -2.17. The number of anilines is 1. The second-order valence-corrected chi connectivity index (χ2v) is 5.38. The number of hydrogen-bond acceptors (Lipinski definition) is 3. The Bertz CT molecular complexity index is 549. The van der Waals surface area contributed by atoms with Crippen LogP contribution in [-0.2, 0) is 10.0 Å². The van der Waals surface area contributed by atoms with Crippen LogP contribution in [0.1, 0.15) is 23.7 Å². The van der Waals surface area contributed by atoms with Gasteiger partial charge in [0.15, 0.2) is 0 Å². The van der Waals surface area contributed by atoms with Gasteiger partial charge in [-0.1, -0.05) is 31.2 Å². The fraction of sp³-hybridized carbons (Fsp3) is 0.250. The molecule has 18 heavy (non-hydrogen) atoms. The van der Waals surface area contributed by atoms with E-state index in [2.05, 4.69) is 4.72 Å². The van der Waals surface area contributed by atoms with Gasteiger partial charge in [-0.3, -0.25) is 4.72 Å². The lowest BCUT2D eigenvalue weighted by atomic mass is 10.2. The van der Waals surface area contributed by atoms with Gasteiger partial charge < -0.3 is 5.11 Å². The highest BCUT2D eigenvalue weighted by atomic mass is 32.2. The van der Waals surface area contributed by atoms with E-state index >= 15 is 0 Å². The third-order valence-corrected chi connectivity index (χ3v) is 3.30. The molecule has 2 N–H and O–H groups in total. The molecule has 0 atom stereocenters. The third kappa shape index (κ3) is 4.21. The molecule has 5 nitrogen and oxygen atoms in total. The van der Waals surface area contributed by atoms with Gasteiger partial charge in [-0.25, -0.2) is 13.2 Å². The van der Waals surface area contributed by atoms with Gasteiger partial charge in [-0.15, -0.1) is 0 Å². The minimum atomic E-state index is -3.56. The van der Waals surface area contributed by atoms with Gasteiger partial charge in [-0.2, -0.15) is 0 Å². The van der Waals surface area contributed by atoms with Gasteiger partial charge in [0.25, 0.3) is 0 Å². The molecular weight excluding hydrogens is 254 g/mol. The van der Waals surface area contributed by atoms with Crippen LogP contribution in [0.15, 0.2) is 36.4 Å². The van der Waals surface area contributed by atoms with Gasteiger partial charge >= 0.3 is 5.97 Å².